The van der Waals surface area contributed by atoms with Crippen LogP contribution in [0.4, 0.5) is 0 Å². The highest BCUT2D eigenvalue weighted by molar-refractivity contribution is 6.31. The molecule has 3 aromatic carbocycles. The summed E-state index contributed by atoms with van der Waals surface area (Å²) in [6.07, 6.45) is 0.787. The Morgan fingerprint density at radius 1 is 1.00 bits per heavy atom. The third-order valence-corrected chi connectivity index (χ3v) is 5.31. The molecule has 4 heteroatoms. The zero-order chi connectivity index (χ0) is 20.8. The van der Waals surface area contributed by atoms with Gasteiger partial charge in [-0.3, -0.25) is 4.79 Å². The Balaban J connectivity index is 1.79. The molecule has 0 aliphatic rings. The zero-order valence-electron chi connectivity index (χ0n) is 17.0. The van der Waals surface area contributed by atoms with Gasteiger partial charge in [-0.2, -0.15) is 0 Å². The molecule has 3 nitrogen and oxygen atoms in total. The maximum Gasteiger partial charge on any atom is 0.255 e. The van der Waals surface area contributed by atoms with Crippen LogP contribution in [0.3, 0.4) is 0 Å². The number of aryl methyl sites for hydroxylation is 2. The summed E-state index contributed by atoms with van der Waals surface area (Å²) in [7, 11) is 0. The minimum Gasteiger partial charge on any atom is -0.488 e. The van der Waals surface area contributed by atoms with Crippen molar-refractivity contribution in [1.29, 1.82) is 0 Å². The number of amides is 1. The van der Waals surface area contributed by atoms with Crippen molar-refractivity contribution in [2.45, 2.75) is 39.8 Å². The van der Waals surface area contributed by atoms with Gasteiger partial charge in [-0.15, -0.1) is 0 Å². The number of hydrogen-bond donors (Lipinski definition) is 1. The highest BCUT2D eigenvalue weighted by atomic mass is 35.5. The largest absolute Gasteiger partial charge is 0.488 e. The average Bonchev–Trinajstić information content (AvgIpc) is 2.73. The van der Waals surface area contributed by atoms with Crippen molar-refractivity contribution < 1.29 is 9.53 Å². The van der Waals surface area contributed by atoms with Crippen LogP contribution in [0.2, 0.25) is 5.02 Å². The summed E-state index contributed by atoms with van der Waals surface area (Å²) in [4.78, 5) is 13.1. The fourth-order valence-corrected chi connectivity index (χ4v) is 3.35. The molecule has 0 aromatic heterocycles. The quantitative estimate of drug-likeness (QED) is 0.491. The van der Waals surface area contributed by atoms with Gasteiger partial charge in [0.05, 0.1) is 11.6 Å². The summed E-state index contributed by atoms with van der Waals surface area (Å²) in [6.45, 7) is 6.61. The van der Waals surface area contributed by atoms with Gasteiger partial charge in [-0.25, -0.2) is 0 Å². The molecule has 0 bridgehead atoms. The molecule has 150 valence electrons. The van der Waals surface area contributed by atoms with Gasteiger partial charge in [-0.1, -0.05) is 67.1 Å². The average molecular weight is 408 g/mol. The molecule has 1 atom stereocenters. The van der Waals surface area contributed by atoms with Crippen LogP contribution in [-0.2, 0) is 6.61 Å². The normalized spacial score (nSPS) is 11.7. The molecule has 1 unspecified atom stereocenters. The van der Waals surface area contributed by atoms with E-state index in [1.165, 1.54) is 11.1 Å². The molecule has 3 aromatic rings. The van der Waals surface area contributed by atoms with Gasteiger partial charge in [0.25, 0.3) is 5.91 Å². The first-order chi connectivity index (χ1) is 14.0. The van der Waals surface area contributed by atoms with Crippen LogP contribution in [0.15, 0.2) is 66.7 Å². The van der Waals surface area contributed by atoms with E-state index in [-0.39, 0.29) is 11.9 Å². The van der Waals surface area contributed by atoms with Crippen molar-refractivity contribution in [2.75, 3.05) is 0 Å². The highest BCUT2D eigenvalue weighted by Gasteiger charge is 2.18. The van der Waals surface area contributed by atoms with Gasteiger partial charge in [0.1, 0.15) is 12.4 Å². The van der Waals surface area contributed by atoms with Crippen LogP contribution in [0, 0.1) is 13.8 Å². The minimum atomic E-state index is -0.194. The predicted molar refractivity (Wildman–Crippen MR) is 119 cm³/mol. The van der Waals surface area contributed by atoms with E-state index in [1.54, 1.807) is 18.2 Å². The van der Waals surface area contributed by atoms with E-state index in [4.69, 9.17) is 16.3 Å². The third kappa shape index (κ3) is 5.39. The number of halogens is 1. The zero-order valence-corrected chi connectivity index (χ0v) is 17.8. The van der Waals surface area contributed by atoms with E-state index in [2.05, 4.69) is 44.3 Å². The van der Waals surface area contributed by atoms with Crippen molar-refractivity contribution in [3.05, 3.63) is 99.6 Å². The van der Waals surface area contributed by atoms with Crippen LogP contribution in [0.25, 0.3) is 0 Å². The van der Waals surface area contributed by atoms with Gasteiger partial charge < -0.3 is 10.1 Å². The van der Waals surface area contributed by atoms with E-state index in [9.17, 15) is 4.79 Å². The molecule has 1 N–H and O–H groups in total. The molecule has 0 saturated heterocycles. The molecule has 3 rings (SSSR count). The SMILES string of the molecule is CCC(NC(=O)c1cc(Cl)ccc1OCc1ccccc1)c1ccc(C)c(C)c1. The monoisotopic (exact) mass is 407 g/mol. The second-order valence-electron chi connectivity index (χ2n) is 7.19. The number of hydrogen-bond acceptors (Lipinski definition) is 2. The smallest absolute Gasteiger partial charge is 0.255 e. The van der Waals surface area contributed by atoms with Gasteiger partial charge >= 0.3 is 0 Å². The lowest BCUT2D eigenvalue weighted by Crippen LogP contribution is -2.28. The first kappa shape index (κ1) is 20.9. The second kappa shape index (κ2) is 9.62. The van der Waals surface area contributed by atoms with Gasteiger partial charge in [0, 0.05) is 5.02 Å². The first-order valence-electron chi connectivity index (χ1n) is 9.82. The molecule has 1 amide bonds. The van der Waals surface area contributed by atoms with Crippen molar-refractivity contribution >= 4 is 17.5 Å². The summed E-state index contributed by atoms with van der Waals surface area (Å²) < 4.78 is 5.94. The number of ether oxygens (including phenoxy) is 1. The lowest BCUT2D eigenvalue weighted by Gasteiger charge is -2.20. The summed E-state index contributed by atoms with van der Waals surface area (Å²) in [5, 5.41) is 3.64. The van der Waals surface area contributed by atoms with Crippen LogP contribution in [0.1, 0.15) is 52.0 Å². The van der Waals surface area contributed by atoms with Crippen LogP contribution in [-0.4, -0.2) is 5.91 Å². The topological polar surface area (TPSA) is 38.3 Å². The van der Waals surface area contributed by atoms with E-state index in [1.807, 2.05) is 30.3 Å². The van der Waals surface area contributed by atoms with E-state index < -0.39 is 0 Å². The highest BCUT2D eigenvalue weighted by Crippen LogP contribution is 2.26. The van der Waals surface area contributed by atoms with Crippen molar-refractivity contribution in [3.63, 3.8) is 0 Å². The van der Waals surface area contributed by atoms with Crippen molar-refractivity contribution in [3.8, 4) is 5.75 Å². The summed E-state index contributed by atoms with van der Waals surface area (Å²) in [5.74, 6) is 0.325. The number of nitrogens with one attached hydrogen (secondary N) is 1. The van der Waals surface area contributed by atoms with Crippen LogP contribution < -0.4 is 10.1 Å². The van der Waals surface area contributed by atoms with Crippen LogP contribution in [0.5, 0.6) is 5.75 Å². The lowest BCUT2D eigenvalue weighted by molar-refractivity contribution is 0.0931. The Morgan fingerprint density at radius 2 is 1.76 bits per heavy atom. The molecule has 0 aliphatic carbocycles. The Hall–Kier alpha value is -2.78. The summed E-state index contributed by atoms with van der Waals surface area (Å²) in [6, 6.07) is 21.2. The molecule has 29 heavy (non-hydrogen) atoms. The Morgan fingerprint density at radius 3 is 2.45 bits per heavy atom. The van der Waals surface area contributed by atoms with Crippen molar-refractivity contribution in [1.82, 2.24) is 5.32 Å². The number of benzene rings is 3. The van der Waals surface area contributed by atoms with Crippen molar-refractivity contribution in [2.24, 2.45) is 0 Å². The second-order valence-corrected chi connectivity index (χ2v) is 7.63. The van der Waals surface area contributed by atoms with E-state index in [0.29, 0.717) is 22.9 Å². The maximum atomic E-state index is 13.1. The molecule has 0 saturated carbocycles. The molecule has 0 radical (unpaired) electrons. The van der Waals surface area contributed by atoms with Gasteiger partial charge in [0.15, 0.2) is 0 Å². The van der Waals surface area contributed by atoms with Crippen LogP contribution >= 0.6 is 11.6 Å². The molecule has 0 spiro atoms. The number of rotatable bonds is 7. The molecule has 0 heterocycles. The fraction of sp³-hybridized carbons (Fsp3) is 0.240. The Labute approximate surface area is 177 Å². The van der Waals surface area contributed by atoms with E-state index >= 15 is 0 Å². The predicted octanol–water partition coefficient (Wildman–Crippen LogP) is 6.42. The third-order valence-electron chi connectivity index (χ3n) is 5.07. The molecule has 0 aliphatic heterocycles. The molecular weight excluding hydrogens is 382 g/mol. The lowest BCUT2D eigenvalue weighted by atomic mass is 9.99. The standard InChI is InChI=1S/C25H26ClNO2/c1-4-23(20-11-10-17(2)18(3)14-20)27-25(28)22-15-21(26)12-13-24(22)29-16-19-8-6-5-7-9-19/h5-15,23H,4,16H2,1-3H3,(H,27,28). The molecular formula is C25H26ClNO2. The number of carbonyl (C=O) groups is 1. The Bertz CT molecular complexity index is 985. The summed E-state index contributed by atoms with van der Waals surface area (Å²) >= 11 is 6.17. The van der Waals surface area contributed by atoms with Gasteiger partial charge in [0.2, 0.25) is 0 Å². The fourth-order valence-electron chi connectivity index (χ4n) is 3.18. The maximum absolute atomic E-state index is 13.1. The summed E-state index contributed by atoms with van der Waals surface area (Å²) in [5.41, 5.74) is 5.02. The Kier molecular flexibility index (Phi) is 6.95. The minimum absolute atomic E-state index is 0.0808. The number of carbonyl (C=O) groups excluding carboxylic acids is 1. The van der Waals surface area contributed by atoms with E-state index in [0.717, 1.165) is 17.5 Å². The van der Waals surface area contributed by atoms with Gasteiger partial charge in [-0.05, 0) is 60.7 Å². The molecule has 0 fully saturated rings. The first-order valence-corrected chi connectivity index (χ1v) is 10.2.